The fourth-order valence-corrected chi connectivity index (χ4v) is 1.74. The van der Waals surface area contributed by atoms with Gasteiger partial charge >= 0.3 is 0 Å². The lowest BCUT2D eigenvalue weighted by Crippen LogP contribution is -2.21. The van der Waals surface area contributed by atoms with Gasteiger partial charge in [-0.25, -0.2) is 0 Å². The topological polar surface area (TPSA) is 12.0 Å². The van der Waals surface area contributed by atoms with E-state index >= 15 is 0 Å². The highest BCUT2D eigenvalue weighted by Crippen LogP contribution is 2.16. The minimum absolute atomic E-state index is 0.476. The zero-order valence-corrected chi connectivity index (χ0v) is 12.2. The molecule has 16 heavy (non-hydrogen) atoms. The predicted molar refractivity (Wildman–Crippen MR) is 74.9 cm³/mol. The fraction of sp³-hybridized carbons (Fsp3) is 1.00. The lowest BCUT2D eigenvalue weighted by molar-refractivity contribution is 0.366. The molecule has 0 unspecified atom stereocenters. The summed E-state index contributed by atoms with van der Waals surface area (Å²) in [5, 5.41) is 3.54. The first-order chi connectivity index (χ1) is 7.42. The first-order valence-electron chi connectivity index (χ1n) is 7.12. The standard InChI is InChI=1S/C15H33N/c1-14(2)10-8-6-7-9-12-16-13-11-15(3,4)5/h14,16H,6-13H2,1-5H3. The number of hydrogen-bond donors (Lipinski definition) is 1. The molecule has 0 aliphatic carbocycles. The molecule has 0 radical (unpaired) electrons. The quantitative estimate of drug-likeness (QED) is 0.567. The van der Waals surface area contributed by atoms with Crippen molar-refractivity contribution < 1.29 is 0 Å². The van der Waals surface area contributed by atoms with Crippen LogP contribution in [-0.2, 0) is 0 Å². The minimum Gasteiger partial charge on any atom is -0.317 e. The summed E-state index contributed by atoms with van der Waals surface area (Å²) >= 11 is 0. The summed E-state index contributed by atoms with van der Waals surface area (Å²) in [6, 6.07) is 0. The van der Waals surface area contributed by atoms with E-state index in [1.54, 1.807) is 0 Å². The third kappa shape index (κ3) is 14.0. The Bertz CT molecular complexity index is 144. The highest BCUT2D eigenvalue weighted by molar-refractivity contribution is 4.63. The van der Waals surface area contributed by atoms with Crippen molar-refractivity contribution in [2.75, 3.05) is 13.1 Å². The summed E-state index contributed by atoms with van der Waals surface area (Å²) in [5.74, 6) is 0.880. The Kier molecular flexibility index (Phi) is 9.02. The van der Waals surface area contributed by atoms with Crippen molar-refractivity contribution in [2.24, 2.45) is 11.3 Å². The maximum atomic E-state index is 3.54. The Morgan fingerprint density at radius 3 is 2.06 bits per heavy atom. The molecule has 0 saturated heterocycles. The van der Waals surface area contributed by atoms with E-state index in [9.17, 15) is 0 Å². The van der Waals surface area contributed by atoms with Crippen LogP contribution in [-0.4, -0.2) is 13.1 Å². The molecule has 0 atom stereocenters. The van der Waals surface area contributed by atoms with E-state index in [4.69, 9.17) is 0 Å². The molecule has 0 fully saturated rings. The SMILES string of the molecule is CC(C)CCCCCCNCCC(C)(C)C. The summed E-state index contributed by atoms with van der Waals surface area (Å²) < 4.78 is 0. The second-order valence-corrected chi connectivity index (χ2v) is 6.66. The van der Waals surface area contributed by atoms with Gasteiger partial charge in [0.15, 0.2) is 0 Å². The van der Waals surface area contributed by atoms with Crippen LogP contribution in [0.2, 0.25) is 0 Å². The largest absolute Gasteiger partial charge is 0.317 e. The smallest absolute Gasteiger partial charge is 0.00439 e. The number of rotatable bonds is 9. The Labute approximate surface area is 103 Å². The van der Waals surface area contributed by atoms with Crippen molar-refractivity contribution in [3.05, 3.63) is 0 Å². The van der Waals surface area contributed by atoms with Crippen molar-refractivity contribution in [2.45, 2.75) is 73.1 Å². The van der Waals surface area contributed by atoms with Crippen LogP contribution in [0.3, 0.4) is 0 Å². The normalized spacial score (nSPS) is 12.4. The van der Waals surface area contributed by atoms with Gasteiger partial charge in [0.25, 0.3) is 0 Å². The zero-order valence-electron chi connectivity index (χ0n) is 12.2. The van der Waals surface area contributed by atoms with E-state index in [-0.39, 0.29) is 0 Å². The van der Waals surface area contributed by atoms with Gasteiger partial charge in [-0.3, -0.25) is 0 Å². The molecule has 1 N–H and O–H groups in total. The molecule has 0 aliphatic heterocycles. The van der Waals surface area contributed by atoms with E-state index in [2.05, 4.69) is 39.9 Å². The first-order valence-corrected chi connectivity index (χ1v) is 7.12. The number of unbranched alkanes of at least 4 members (excludes halogenated alkanes) is 3. The molecule has 0 heterocycles. The Hall–Kier alpha value is -0.0400. The van der Waals surface area contributed by atoms with Crippen LogP contribution in [0.4, 0.5) is 0 Å². The van der Waals surface area contributed by atoms with Gasteiger partial charge in [-0.2, -0.15) is 0 Å². The average molecular weight is 227 g/mol. The van der Waals surface area contributed by atoms with Gasteiger partial charge in [-0.1, -0.05) is 60.3 Å². The van der Waals surface area contributed by atoms with E-state index < -0.39 is 0 Å². The van der Waals surface area contributed by atoms with Crippen molar-refractivity contribution in [3.8, 4) is 0 Å². The van der Waals surface area contributed by atoms with Crippen LogP contribution in [0.15, 0.2) is 0 Å². The molecular formula is C15H33N. The van der Waals surface area contributed by atoms with Crippen LogP contribution < -0.4 is 5.32 Å². The highest BCUT2D eigenvalue weighted by Gasteiger charge is 2.08. The van der Waals surface area contributed by atoms with Crippen molar-refractivity contribution >= 4 is 0 Å². The molecule has 98 valence electrons. The van der Waals surface area contributed by atoms with E-state index in [1.807, 2.05) is 0 Å². The van der Waals surface area contributed by atoms with E-state index in [0.29, 0.717) is 5.41 Å². The molecule has 0 bridgehead atoms. The van der Waals surface area contributed by atoms with Crippen molar-refractivity contribution in [1.82, 2.24) is 5.32 Å². The monoisotopic (exact) mass is 227 g/mol. The van der Waals surface area contributed by atoms with Gasteiger partial charge in [0, 0.05) is 0 Å². The molecule has 1 heteroatoms. The summed E-state index contributed by atoms with van der Waals surface area (Å²) in [4.78, 5) is 0. The highest BCUT2D eigenvalue weighted by atomic mass is 14.8. The Morgan fingerprint density at radius 2 is 1.50 bits per heavy atom. The third-order valence-electron chi connectivity index (χ3n) is 2.94. The predicted octanol–water partition coefficient (Wildman–Crippen LogP) is 4.62. The molecule has 0 amide bonds. The second-order valence-electron chi connectivity index (χ2n) is 6.66. The summed E-state index contributed by atoms with van der Waals surface area (Å²) in [6.45, 7) is 13.9. The Balaban J connectivity index is 3.05. The van der Waals surface area contributed by atoms with Crippen LogP contribution in [0.1, 0.15) is 73.1 Å². The van der Waals surface area contributed by atoms with Gasteiger partial charge in [-0.15, -0.1) is 0 Å². The lowest BCUT2D eigenvalue weighted by Gasteiger charge is -2.18. The molecule has 0 saturated carbocycles. The maximum Gasteiger partial charge on any atom is -0.00439 e. The van der Waals surface area contributed by atoms with Crippen LogP contribution in [0.5, 0.6) is 0 Å². The summed E-state index contributed by atoms with van der Waals surface area (Å²) in [5.41, 5.74) is 0.476. The second kappa shape index (κ2) is 9.04. The average Bonchev–Trinajstić information content (AvgIpc) is 2.13. The van der Waals surface area contributed by atoms with Crippen LogP contribution >= 0.6 is 0 Å². The van der Waals surface area contributed by atoms with Gasteiger partial charge in [0.1, 0.15) is 0 Å². The number of nitrogens with one attached hydrogen (secondary N) is 1. The molecule has 1 nitrogen and oxygen atoms in total. The molecule has 0 aliphatic rings. The zero-order chi connectivity index (χ0) is 12.4. The fourth-order valence-electron chi connectivity index (χ4n) is 1.74. The summed E-state index contributed by atoms with van der Waals surface area (Å²) in [6.07, 6.45) is 8.26. The molecular weight excluding hydrogens is 194 g/mol. The molecule has 0 aromatic carbocycles. The van der Waals surface area contributed by atoms with Gasteiger partial charge in [0.05, 0.1) is 0 Å². The van der Waals surface area contributed by atoms with Gasteiger partial charge in [0.2, 0.25) is 0 Å². The minimum atomic E-state index is 0.476. The van der Waals surface area contributed by atoms with Crippen LogP contribution in [0.25, 0.3) is 0 Å². The summed E-state index contributed by atoms with van der Waals surface area (Å²) in [7, 11) is 0. The van der Waals surface area contributed by atoms with Crippen LogP contribution in [0, 0.1) is 11.3 Å². The van der Waals surface area contributed by atoms with Crippen molar-refractivity contribution in [1.29, 1.82) is 0 Å². The maximum absolute atomic E-state index is 3.54. The molecule has 0 aromatic rings. The molecule has 0 spiro atoms. The Morgan fingerprint density at radius 1 is 0.875 bits per heavy atom. The van der Waals surface area contributed by atoms with Gasteiger partial charge in [-0.05, 0) is 37.3 Å². The van der Waals surface area contributed by atoms with Gasteiger partial charge < -0.3 is 5.32 Å². The number of hydrogen-bond acceptors (Lipinski definition) is 1. The molecule has 0 aromatic heterocycles. The van der Waals surface area contributed by atoms with E-state index in [1.165, 1.54) is 51.6 Å². The van der Waals surface area contributed by atoms with E-state index in [0.717, 1.165) is 5.92 Å². The van der Waals surface area contributed by atoms with Crippen molar-refractivity contribution in [3.63, 3.8) is 0 Å². The first kappa shape index (κ1) is 16.0. The lowest BCUT2D eigenvalue weighted by atomic mass is 9.92. The third-order valence-corrected chi connectivity index (χ3v) is 2.94. The molecule has 0 rings (SSSR count).